The summed E-state index contributed by atoms with van der Waals surface area (Å²) in [5, 5.41) is 0. The third-order valence-electron chi connectivity index (χ3n) is 14.5. The Labute approximate surface area is 250 Å². The van der Waals surface area contributed by atoms with E-state index < -0.39 is 0 Å². The van der Waals surface area contributed by atoms with Crippen LogP contribution in [0.3, 0.4) is 0 Å². The van der Waals surface area contributed by atoms with E-state index in [2.05, 4.69) is 27.9 Å². The van der Waals surface area contributed by atoms with E-state index in [1.165, 1.54) is 103 Å². The largest absolute Gasteiger partial charge is 0.456 e. The molecule has 0 radical (unpaired) electrons. The van der Waals surface area contributed by atoms with Crippen molar-refractivity contribution >= 4 is 11.9 Å². The van der Waals surface area contributed by atoms with Crippen molar-refractivity contribution in [3.63, 3.8) is 0 Å². The molecule has 2 aliphatic heterocycles. The number of esters is 2. The Kier molecular flexibility index (Phi) is 7.87. The average molecular weight is 573 g/mol. The molecule has 0 spiro atoms. The maximum atomic E-state index is 12.5. The maximum absolute atomic E-state index is 12.5. The first-order valence-corrected chi connectivity index (χ1v) is 17.4. The van der Waals surface area contributed by atoms with Crippen molar-refractivity contribution in [3.8, 4) is 0 Å². The van der Waals surface area contributed by atoms with Crippen LogP contribution in [0.15, 0.2) is 0 Å². The summed E-state index contributed by atoms with van der Waals surface area (Å²) in [6.45, 7) is 13.3. The van der Waals surface area contributed by atoms with Gasteiger partial charge in [0.15, 0.2) is 12.2 Å². The molecular formula is C35H60N2O4+2. The van der Waals surface area contributed by atoms with Crippen molar-refractivity contribution in [2.24, 2.45) is 34.5 Å². The number of carbonyl (C=O) groups excluding carboxylic acids is 2. The zero-order valence-electron chi connectivity index (χ0n) is 27.2. The first-order chi connectivity index (χ1) is 19.4. The fourth-order valence-electron chi connectivity index (χ4n) is 12.3. The molecule has 0 N–H and O–H groups in total. The molecule has 0 bridgehead atoms. The van der Waals surface area contributed by atoms with Gasteiger partial charge in [0.1, 0.15) is 12.1 Å². The quantitative estimate of drug-likeness (QED) is 0.301. The van der Waals surface area contributed by atoms with Gasteiger partial charge in [0, 0.05) is 32.1 Å². The van der Waals surface area contributed by atoms with Crippen LogP contribution in [-0.2, 0) is 19.1 Å². The zero-order valence-corrected chi connectivity index (χ0v) is 27.2. The fraction of sp³-hybridized carbons (Fsp3) is 0.943. The van der Waals surface area contributed by atoms with Gasteiger partial charge in [-0.25, -0.2) is 0 Å². The summed E-state index contributed by atoms with van der Waals surface area (Å²) in [4.78, 5) is 24.8. The molecule has 6 nitrogen and oxygen atoms in total. The van der Waals surface area contributed by atoms with Crippen molar-refractivity contribution in [1.29, 1.82) is 0 Å². The summed E-state index contributed by atoms with van der Waals surface area (Å²) in [5.41, 5.74) is 0.377. The van der Waals surface area contributed by atoms with Crippen LogP contribution in [-0.4, -0.2) is 85.5 Å². The summed E-state index contributed by atoms with van der Waals surface area (Å²) in [6.07, 6.45) is 16.4. The van der Waals surface area contributed by atoms with Gasteiger partial charge in [-0.3, -0.25) is 9.59 Å². The Hall–Kier alpha value is -1.14. The van der Waals surface area contributed by atoms with Crippen LogP contribution < -0.4 is 0 Å². The van der Waals surface area contributed by atoms with Crippen molar-refractivity contribution in [2.45, 2.75) is 135 Å². The highest BCUT2D eigenvalue weighted by Gasteiger charge is 2.68. The predicted octanol–water partition coefficient (Wildman–Crippen LogP) is 6.11. The number of quaternary nitrogens is 2. The highest BCUT2D eigenvalue weighted by Crippen LogP contribution is 2.68. The molecule has 4 aliphatic carbocycles. The minimum Gasteiger partial charge on any atom is -0.456 e. The molecule has 0 aromatic heterocycles. The van der Waals surface area contributed by atoms with Gasteiger partial charge < -0.3 is 18.4 Å². The standard InChI is InChI=1S/C35H60N2O4/c1-24(38)40-32-21-26-13-14-27-28(35(26,4)23-31(32)37(6)19-11-8-12-20-37)15-16-34(3)29(27)22-30(33(34)41-25(2)39)36(5)17-9-7-10-18-36/h26-33H,7-23H2,1-6H3/q+2/t26-,27+,28+,29-,30-,31+,32+,33-,34-,35+/m1/s1. The second-order valence-corrected chi connectivity index (χ2v) is 16.7. The van der Waals surface area contributed by atoms with Gasteiger partial charge in [-0.1, -0.05) is 13.8 Å². The molecule has 6 fully saturated rings. The number of hydrogen-bond acceptors (Lipinski definition) is 4. The van der Waals surface area contributed by atoms with Crippen LogP contribution in [0.4, 0.5) is 0 Å². The van der Waals surface area contributed by atoms with Gasteiger partial charge in [-0.2, -0.15) is 0 Å². The fourth-order valence-corrected chi connectivity index (χ4v) is 12.3. The highest BCUT2D eigenvalue weighted by molar-refractivity contribution is 5.66. The van der Waals surface area contributed by atoms with Gasteiger partial charge in [-0.05, 0) is 99.7 Å². The second-order valence-electron chi connectivity index (χ2n) is 16.7. The van der Waals surface area contributed by atoms with Gasteiger partial charge in [-0.15, -0.1) is 0 Å². The maximum Gasteiger partial charge on any atom is 0.303 e. The molecule has 4 saturated carbocycles. The summed E-state index contributed by atoms with van der Waals surface area (Å²) >= 11 is 0. The van der Waals surface area contributed by atoms with Gasteiger partial charge in [0.25, 0.3) is 0 Å². The lowest BCUT2D eigenvalue weighted by Crippen LogP contribution is -2.66. The molecule has 6 aliphatic rings. The molecule has 6 heteroatoms. The van der Waals surface area contributed by atoms with Crippen LogP contribution >= 0.6 is 0 Å². The van der Waals surface area contributed by atoms with E-state index in [1.54, 1.807) is 13.8 Å². The number of nitrogens with zero attached hydrogens (tertiary/aromatic N) is 2. The number of fused-ring (bicyclic) bond motifs is 5. The molecule has 0 unspecified atom stereocenters. The minimum absolute atomic E-state index is 0.0462. The van der Waals surface area contributed by atoms with Crippen molar-refractivity contribution in [2.75, 3.05) is 40.3 Å². The molecule has 0 aromatic carbocycles. The van der Waals surface area contributed by atoms with Crippen LogP contribution in [0.5, 0.6) is 0 Å². The lowest BCUT2D eigenvalue weighted by molar-refractivity contribution is -0.943. The topological polar surface area (TPSA) is 52.6 Å². The molecule has 41 heavy (non-hydrogen) atoms. The lowest BCUT2D eigenvalue weighted by atomic mass is 9.44. The van der Waals surface area contributed by atoms with E-state index in [0.29, 0.717) is 35.3 Å². The van der Waals surface area contributed by atoms with Gasteiger partial charge >= 0.3 is 11.9 Å². The summed E-state index contributed by atoms with van der Waals surface area (Å²) < 4.78 is 14.7. The Morgan fingerprint density at radius 3 is 1.85 bits per heavy atom. The molecule has 2 saturated heterocycles. The number of hydrogen-bond donors (Lipinski definition) is 0. The summed E-state index contributed by atoms with van der Waals surface area (Å²) in [6, 6.07) is 0.846. The highest BCUT2D eigenvalue weighted by atomic mass is 16.5. The Morgan fingerprint density at radius 1 is 0.683 bits per heavy atom. The summed E-state index contributed by atoms with van der Waals surface area (Å²) in [5.74, 6) is 2.52. The first-order valence-electron chi connectivity index (χ1n) is 17.4. The van der Waals surface area contributed by atoms with E-state index >= 15 is 0 Å². The molecule has 0 aromatic rings. The average Bonchev–Trinajstić information content (AvgIpc) is 3.21. The molecule has 10 atom stereocenters. The SMILES string of the molecule is CC(=O)O[C@H]1C[C@H]2CC[C@@H]3[C@H]4C[C@@H]([N+]5(C)CCCCC5)[C@@H](OC(C)=O)[C@]4(C)CC[C@@H]3[C@@]2(C)C[C@@H]1[N+]1(C)CCCCC1. The number of carbonyl (C=O) groups is 2. The predicted molar refractivity (Wildman–Crippen MR) is 161 cm³/mol. The number of likely N-dealkylation sites (N-methyl/N-ethyl adjacent to an activating group) is 2. The Balaban J connectivity index is 1.31. The van der Waals surface area contributed by atoms with Crippen LogP contribution in [0.1, 0.15) is 111 Å². The van der Waals surface area contributed by atoms with Crippen LogP contribution in [0.25, 0.3) is 0 Å². The Morgan fingerprint density at radius 2 is 1.27 bits per heavy atom. The van der Waals surface area contributed by atoms with E-state index in [-0.39, 0.29) is 29.6 Å². The van der Waals surface area contributed by atoms with Crippen molar-refractivity contribution in [3.05, 3.63) is 0 Å². The molecule has 2 heterocycles. The first kappa shape index (κ1) is 29.9. The third-order valence-corrected chi connectivity index (χ3v) is 14.5. The van der Waals surface area contributed by atoms with E-state index in [9.17, 15) is 9.59 Å². The molecule has 232 valence electrons. The third kappa shape index (κ3) is 4.99. The van der Waals surface area contributed by atoms with Gasteiger partial charge in [0.2, 0.25) is 0 Å². The second kappa shape index (κ2) is 10.8. The van der Waals surface area contributed by atoms with Crippen LogP contribution in [0, 0.1) is 34.5 Å². The molecular weight excluding hydrogens is 512 g/mol. The van der Waals surface area contributed by atoms with Crippen molar-refractivity contribution < 1.29 is 28.0 Å². The number of ether oxygens (including phenoxy) is 2. The van der Waals surface area contributed by atoms with Crippen molar-refractivity contribution in [1.82, 2.24) is 0 Å². The van der Waals surface area contributed by atoms with E-state index in [1.807, 2.05) is 0 Å². The van der Waals surface area contributed by atoms with Crippen LogP contribution in [0.2, 0.25) is 0 Å². The minimum atomic E-state index is -0.0998. The monoisotopic (exact) mass is 572 g/mol. The number of likely N-dealkylation sites (tertiary alicyclic amines) is 2. The molecule has 0 amide bonds. The number of rotatable bonds is 4. The van der Waals surface area contributed by atoms with Gasteiger partial charge in [0.05, 0.1) is 40.3 Å². The van der Waals surface area contributed by atoms with E-state index in [0.717, 1.165) is 21.3 Å². The number of piperidine rings is 2. The normalized spacial score (nSPS) is 46.9. The summed E-state index contributed by atoms with van der Waals surface area (Å²) in [7, 11) is 4.94. The lowest BCUT2D eigenvalue weighted by Gasteiger charge is -2.63. The Bertz CT molecular complexity index is 1000. The smallest absolute Gasteiger partial charge is 0.303 e. The molecule has 6 rings (SSSR count). The zero-order chi connectivity index (χ0) is 29.2. The van der Waals surface area contributed by atoms with E-state index in [4.69, 9.17) is 9.47 Å².